The van der Waals surface area contributed by atoms with Crippen LogP contribution >= 0.6 is 11.8 Å². The van der Waals surface area contributed by atoms with Gasteiger partial charge in [0, 0.05) is 18.8 Å². The second kappa shape index (κ2) is 7.35. The highest BCUT2D eigenvalue weighted by Crippen LogP contribution is 2.25. The summed E-state index contributed by atoms with van der Waals surface area (Å²) < 4.78 is 7.21. The molecule has 2 heterocycles. The highest BCUT2D eigenvalue weighted by molar-refractivity contribution is 7.99. The van der Waals surface area contributed by atoms with Gasteiger partial charge in [0.1, 0.15) is 5.69 Å². The lowest BCUT2D eigenvalue weighted by Gasteiger charge is -2.04. The van der Waals surface area contributed by atoms with E-state index < -0.39 is 11.8 Å². The van der Waals surface area contributed by atoms with Crippen LogP contribution in [0.1, 0.15) is 16.1 Å². The molecule has 7 nitrogen and oxygen atoms in total. The molecule has 2 aromatic heterocycles. The number of imide groups is 1. The van der Waals surface area contributed by atoms with Crippen LogP contribution in [0.2, 0.25) is 0 Å². The number of carbonyl (C=O) groups is 2. The fourth-order valence-electron chi connectivity index (χ4n) is 2.24. The molecule has 1 N–H and O–H groups in total. The van der Waals surface area contributed by atoms with E-state index >= 15 is 0 Å². The quantitative estimate of drug-likeness (QED) is 0.706. The molecule has 0 fully saturated rings. The zero-order chi connectivity index (χ0) is 17.8. The molecule has 0 unspecified atom stereocenters. The Balaban J connectivity index is 1.57. The zero-order valence-corrected chi connectivity index (χ0v) is 14.5. The van der Waals surface area contributed by atoms with E-state index in [2.05, 4.69) is 15.5 Å². The third kappa shape index (κ3) is 3.97. The summed E-state index contributed by atoms with van der Waals surface area (Å²) in [6.45, 7) is 1.95. The van der Waals surface area contributed by atoms with Crippen LogP contribution in [0.15, 0.2) is 52.2 Å². The Kier molecular flexibility index (Phi) is 4.99. The predicted octanol–water partition coefficient (Wildman–Crippen LogP) is 2.43. The van der Waals surface area contributed by atoms with Crippen molar-refractivity contribution in [2.45, 2.75) is 12.1 Å². The van der Waals surface area contributed by atoms with Crippen molar-refractivity contribution < 1.29 is 14.0 Å². The Hall–Kier alpha value is -2.87. The lowest BCUT2D eigenvalue weighted by Crippen LogP contribution is -2.32. The number of hydrogen-bond donors (Lipinski definition) is 1. The Morgan fingerprint density at radius 2 is 2.00 bits per heavy atom. The minimum absolute atomic E-state index is 0.00552. The molecule has 0 spiro atoms. The second-order valence-electron chi connectivity index (χ2n) is 5.36. The van der Waals surface area contributed by atoms with Crippen molar-refractivity contribution in [3.05, 3.63) is 53.9 Å². The number of hydrogen-bond acceptors (Lipinski definition) is 6. The van der Waals surface area contributed by atoms with E-state index in [1.807, 2.05) is 31.2 Å². The van der Waals surface area contributed by atoms with Crippen molar-refractivity contribution in [3.8, 4) is 11.5 Å². The van der Waals surface area contributed by atoms with Crippen LogP contribution in [-0.2, 0) is 11.8 Å². The smallest absolute Gasteiger partial charge is 0.277 e. The van der Waals surface area contributed by atoms with Crippen LogP contribution in [-0.4, -0.2) is 32.3 Å². The molecule has 0 atom stereocenters. The van der Waals surface area contributed by atoms with Gasteiger partial charge in [-0.05, 0) is 30.7 Å². The first kappa shape index (κ1) is 17.0. The Bertz CT molecular complexity index is 916. The molecule has 0 aliphatic rings. The summed E-state index contributed by atoms with van der Waals surface area (Å²) in [4.78, 5) is 23.9. The molecular weight excluding hydrogens is 340 g/mol. The summed E-state index contributed by atoms with van der Waals surface area (Å²) in [7, 11) is 1.74. The van der Waals surface area contributed by atoms with Crippen molar-refractivity contribution in [1.29, 1.82) is 0 Å². The number of aryl methyl sites for hydroxylation is 2. The number of rotatable bonds is 5. The van der Waals surface area contributed by atoms with Crippen molar-refractivity contribution >= 4 is 23.6 Å². The molecule has 0 saturated heterocycles. The molecule has 2 amide bonds. The lowest BCUT2D eigenvalue weighted by atomic mass is 10.1. The van der Waals surface area contributed by atoms with Gasteiger partial charge < -0.3 is 8.98 Å². The molecule has 25 heavy (non-hydrogen) atoms. The number of carbonyl (C=O) groups excluding carboxylic acids is 2. The van der Waals surface area contributed by atoms with E-state index in [1.165, 1.54) is 0 Å². The monoisotopic (exact) mass is 356 g/mol. The maximum atomic E-state index is 12.0. The summed E-state index contributed by atoms with van der Waals surface area (Å²) in [5.74, 6) is -0.456. The van der Waals surface area contributed by atoms with E-state index in [1.54, 1.807) is 29.9 Å². The van der Waals surface area contributed by atoms with Crippen LogP contribution in [0, 0.1) is 6.92 Å². The summed E-state index contributed by atoms with van der Waals surface area (Å²) in [6, 6.07) is 11.0. The molecule has 3 aromatic rings. The minimum Gasteiger partial charge on any atom is -0.411 e. The molecule has 8 heteroatoms. The van der Waals surface area contributed by atoms with Crippen LogP contribution in [0.4, 0.5) is 0 Å². The molecule has 0 bridgehead atoms. The van der Waals surface area contributed by atoms with E-state index in [0.717, 1.165) is 22.9 Å². The standard InChI is InChI=1S/C17H16N4O3S/c1-11-6-3-4-7-12(11)16-19-20-17(24-16)25-10-14(22)18-15(23)13-8-5-9-21(13)2/h3-9H,10H2,1-2H3,(H,18,22,23). The predicted molar refractivity (Wildman–Crippen MR) is 93.1 cm³/mol. The first-order chi connectivity index (χ1) is 12.0. The van der Waals surface area contributed by atoms with E-state index in [9.17, 15) is 9.59 Å². The fraction of sp³-hybridized carbons (Fsp3) is 0.176. The summed E-state index contributed by atoms with van der Waals surface area (Å²) in [6.07, 6.45) is 1.74. The highest BCUT2D eigenvalue weighted by atomic mass is 32.2. The first-order valence-corrected chi connectivity index (χ1v) is 8.51. The highest BCUT2D eigenvalue weighted by Gasteiger charge is 2.15. The Morgan fingerprint density at radius 3 is 2.72 bits per heavy atom. The number of nitrogens with one attached hydrogen (secondary N) is 1. The topological polar surface area (TPSA) is 90.0 Å². The maximum Gasteiger partial charge on any atom is 0.277 e. The molecule has 128 valence electrons. The third-order valence-corrected chi connectivity index (χ3v) is 4.36. The number of thioether (sulfide) groups is 1. The van der Waals surface area contributed by atoms with Crippen LogP contribution < -0.4 is 5.32 Å². The van der Waals surface area contributed by atoms with Crippen molar-refractivity contribution in [1.82, 2.24) is 20.1 Å². The Morgan fingerprint density at radius 1 is 1.20 bits per heavy atom. The van der Waals surface area contributed by atoms with Crippen LogP contribution in [0.3, 0.4) is 0 Å². The van der Waals surface area contributed by atoms with Crippen molar-refractivity contribution in [2.75, 3.05) is 5.75 Å². The Labute approximate surface area is 148 Å². The maximum absolute atomic E-state index is 12.0. The molecule has 0 saturated carbocycles. The number of aromatic nitrogens is 3. The molecular formula is C17H16N4O3S. The van der Waals surface area contributed by atoms with E-state index in [4.69, 9.17) is 4.42 Å². The van der Waals surface area contributed by atoms with Gasteiger partial charge in [0.2, 0.25) is 11.8 Å². The average molecular weight is 356 g/mol. The number of benzene rings is 1. The third-order valence-electron chi connectivity index (χ3n) is 3.54. The van der Waals surface area contributed by atoms with Crippen molar-refractivity contribution in [2.24, 2.45) is 7.05 Å². The molecule has 3 rings (SSSR count). The summed E-state index contributed by atoms with van der Waals surface area (Å²) in [5.41, 5.74) is 2.29. The first-order valence-electron chi connectivity index (χ1n) is 7.52. The normalized spacial score (nSPS) is 10.6. The van der Waals surface area contributed by atoms with E-state index in [0.29, 0.717) is 11.6 Å². The summed E-state index contributed by atoms with van der Waals surface area (Å²) >= 11 is 1.08. The SMILES string of the molecule is Cc1ccccc1-c1nnc(SCC(=O)NC(=O)c2cccn2C)o1. The van der Waals surface area contributed by atoms with Crippen LogP contribution in [0.5, 0.6) is 0 Å². The van der Waals surface area contributed by atoms with Gasteiger partial charge in [0.15, 0.2) is 0 Å². The van der Waals surface area contributed by atoms with Gasteiger partial charge in [-0.1, -0.05) is 30.0 Å². The van der Waals surface area contributed by atoms with Crippen LogP contribution in [0.25, 0.3) is 11.5 Å². The zero-order valence-electron chi connectivity index (χ0n) is 13.7. The molecule has 1 aromatic carbocycles. The minimum atomic E-state index is -0.441. The number of nitrogens with zero attached hydrogens (tertiary/aromatic N) is 3. The van der Waals surface area contributed by atoms with Gasteiger partial charge in [-0.2, -0.15) is 0 Å². The molecule has 0 radical (unpaired) electrons. The van der Waals surface area contributed by atoms with Gasteiger partial charge >= 0.3 is 0 Å². The number of amides is 2. The molecule has 0 aliphatic heterocycles. The largest absolute Gasteiger partial charge is 0.411 e. The second-order valence-corrected chi connectivity index (χ2v) is 6.28. The van der Waals surface area contributed by atoms with Gasteiger partial charge in [-0.15, -0.1) is 10.2 Å². The average Bonchev–Trinajstić information content (AvgIpc) is 3.22. The molecule has 0 aliphatic carbocycles. The van der Waals surface area contributed by atoms with Gasteiger partial charge in [0.25, 0.3) is 11.1 Å². The van der Waals surface area contributed by atoms with Crippen molar-refractivity contribution in [3.63, 3.8) is 0 Å². The fourth-order valence-corrected chi connectivity index (χ4v) is 2.80. The van der Waals surface area contributed by atoms with Gasteiger partial charge in [0.05, 0.1) is 5.75 Å². The summed E-state index contributed by atoms with van der Waals surface area (Å²) in [5, 5.41) is 10.5. The van der Waals surface area contributed by atoms with Gasteiger partial charge in [-0.3, -0.25) is 14.9 Å². The van der Waals surface area contributed by atoms with Gasteiger partial charge in [-0.25, -0.2) is 0 Å². The lowest BCUT2D eigenvalue weighted by molar-refractivity contribution is -0.117. The van der Waals surface area contributed by atoms with E-state index in [-0.39, 0.29) is 11.0 Å².